The van der Waals surface area contributed by atoms with Gasteiger partial charge in [-0.25, -0.2) is 4.98 Å². The van der Waals surface area contributed by atoms with Gasteiger partial charge in [0.05, 0.1) is 9.72 Å². The van der Waals surface area contributed by atoms with E-state index in [2.05, 4.69) is 39.6 Å². The van der Waals surface area contributed by atoms with E-state index in [-0.39, 0.29) is 17.2 Å². The van der Waals surface area contributed by atoms with Crippen molar-refractivity contribution in [2.45, 2.75) is 31.3 Å². The molecule has 3 aromatic rings. The molecule has 2 heterocycles. The van der Waals surface area contributed by atoms with Crippen LogP contribution in [0.2, 0.25) is 10.3 Å². The monoisotopic (exact) mass is 404 g/mol. The Morgan fingerprint density at radius 1 is 1.12 bits per heavy atom. The van der Waals surface area contributed by atoms with Crippen LogP contribution in [0.25, 0.3) is 10.2 Å². The van der Waals surface area contributed by atoms with Crippen LogP contribution in [-0.2, 0) is 6.54 Å². The highest BCUT2D eigenvalue weighted by Crippen LogP contribution is 2.44. The predicted octanol–water partition coefficient (Wildman–Crippen LogP) is 5.37. The second-order valence-corrected chi connectivity index (χ2v) is 8.12. The van der Waals surface area contributed by atoms with Crippen LogP contribution in [0.3, 0.4) is 0 Å². The van der Waals surface area contributed by atoms with Gasteiger partial charge in [0.1, 0.15) is 11.3 Å². The SMILES string of the molecule is N[C@H]1CC=CC[C@@H]1c1sc2c(NCc3ccccc3)nc(Cl)nc2c1Cl. The first-order valence-electron chi connectivity index (χ1n) is 8.47. The van der Waals surface area contributed by atoms with E-state index in [1.807, 2.05) is 18.2 Å². The minimum absolute atomic E-state index is 0.0646. The molecular weight excluding hydrogens is 387 g/mol. The summed E-state index contributed by atoms with van der Waals surface area (Å²) in [6.07, 6.45) is 6.05. The Bertz CT molecular complexity index is 955. The summed E-state index contributed by atoms with van der Waals surface area (Å²) in [7, 11) is 0. The fourth-order valence-corrected chi connectivity index (χ4v) is 5.12. The number of nitrogens with one attached hydrogen (secondary N) is 1. The molecule has 2 atom stereocenters. The second-order valence-electron chi connectivity index (χ2n) is 6.35. The third kappa shape index (κ3) is 3.45. The molecule has 2 aromatic heterocycles. The number of aromatic nitrogens is 2. The van der Waals surface area contributed by atoms with Gasteiger partial charge < -0.3 is 11.1 Å². The smallest absolute Gasteiger partial charge is 0.225 e. The highest BCUT2D eigenvalue weighted by atomic mass is 35.5. The molecule has 26 heavy (non-hydrogen) atoms. The van der Waals surface area contributed by atoms with Gasteiger partial charge in [-0.15, -0.1) is 11.3 Å². The molecule has 0 spiro atoms. The summed E-state index contributed by atoms with van der Waals surface area (Å²) in [6, 6.07) is 10.2. The number of thiophene rings is 1. The molecule has 0 saturated carbocycles. The van der Waals surface area contributed by atoms with Gasteiger partial charge in [-0.05, 0) is 30.0 Å². The van der Waals surface area contributed by atoms with Gasteiger partial charge in [-0.3, -0.25) is 0 Å². The number of benzene rings is 1. The van der Waals surface area contributed by atoms with Crippen molar-refractivity contribution in [2.24, 2.45) is 5.73 Å². The minimum atomic E-state index is 0.0646. The summed E-state index contributed by atoms with van der Waals surface area (Å²) in [5.74, 6) is 0.911. The summed E-state index contributed by atoms with van der Waals surface area (Å²) < 4.78 is 0.923. The van der Waals surface area contributed by atoms with Crippen molar-refractivity contribution < 1.29 is 0 Å². The number of allylic oxidation sites excluding steroid dienone is 1. The number of fused-ring (bicyclic) bond motifs is 1. The molecule has 0 fully saturated rings. The lowest BCUT2D eigenvalue weighted by Gasteiger charge is -2.24. The molecular formula is C19H18Cl2N4S. The van der Waals surface area contributed by atoms with Crippen LogP contribution >= 0.6 is 34.5 Å². The van der Waals surface area contributed by atoms with E-state index in [0.29, 0.717) is 22.9 Å². The average Bonchev–Trinajstić information content (AvgIpc) is 2.98. The Kier molecular flexibility index (Phi) is 5.14. The Hall–Kier alpha value is -1.66. The van der Waals surface area contributed by atoms with Crippen molar-refractivity contribution in [1.29, 1.82) is 0 Å². The maximum Gasteiger partial charge on any atom is 0.225 e. The van der Waals surface area contributed by atoms with Crippen LogP contribution in [0.15, 0.2) is 42.5 Å². The number of anilines is 1. The first kappa shape index (κ1) is 17.7. The molecule has 1 aliphatic rings. The van der Waals surface area contributed by atoms with Crippen molar-refractivity contribution in [2.75, 3.05) is 5.32 Å². The van der Waals surface area contributed by atoms with E-state index >= 15 is 0 Å². The molecule has 0 unspecified atom stereocenters. The standard InChI is InChI=1S/C19H18Cl2N4S/c20-14-15-17(26-16(14)12-8-4-5-9-13(12)22)18(25-19(21)24-15)23-10-11-6-2-1-3-7-11/h1-7,12-13H,8-10,22H2,(H,23,24,25)/t12-,13-/m0/s1. The van der Waals surface area contributed by atoms with Crippen molar-refractivity contribution >= 4 is 50.6 Å². The van der Waals surface area contributed by atoms with Crippen LogP contribution in [0, 0.1) is 0 Å². The molecule has 3 N–H and O–H groups in total. The molecule has 0 amide bonds. The summed E-state index contributed by atoms with van der Waals surface area (Å²) in [6.45, 7) is 0.653. The zero-order chi connectivity index (χ0) is 18.1. The fourth-order valence-electron chi connectivity index (χ4n) is 3.22. The average molecular weight is 405 g/mol. The van der Waals surface area contributed by atoms with E-state index in [4.69, 9.17) is 28.9 Å². The lowest BCUT2D eigenvalue weighted by Crippen LogP contribution is -2.29. The first-order valence-corrected chi connectivity index (χ1v) is 10.0. The van der Waals surface area contributed by atoms with Gasteiger partial charge in [-0.1, -0.05) is 54.1 Å². The third-order valence-electron chi connectivity index (χ3n) is 4.60. The number of nitrogens with two attached hydrogens (primary N) is 1. The van der Waals surface area contributed by atoms with Gasteiger partial charge in [-0.2, -0.15) is 4.98 Å². The Morgan fingerprint density at radius 2 is 1.88 bits per heavy atom. The normalized spacial score (nSPS) is 19.8. The summed E-state index contributed by atoms with van der Waals surface area (Å²) >= 11 is 14.4. The Labute approximate surface area is 166 Å². The number of nitrogens with zero attached hydrogens (tertiary/aromatic N) is 2. The van der Waals surface area contributed by atoms with E-state index < -0.39 is 0 Å². The van der Waals surface area contributed by atoms with E-state index in [1.165, 1.54) is 0 Å². The lowest BCUT2D eigenvalue weighted by molar-refractivity contribution is 0.528. The second kappa shape index (κ2) is 7.53. The molecule has 7 heteroatoms. The quantitative estimate of drug-likeness (QED) is 0.452. The number of rotatable bonds is 4. The molecule has 0 aliphatic heterocycles. The Balaban J connectivity index is 1.72. The molecule has 4 nitrogen and oxygen atoms in total. The van der Waals surface area contributed by atoms with Crippen molar-refractivity contribution in [1.82, 2.24) is 9.97 Å². The fraction of sp³-hybridized carbons (Fsp3) is 0.263. The Morgan fingerprint density at radius 3 is 2.65 bits per heavy atom. The van der Waals surface area contributed by atoms with Gasteiger partial charge in [0.25, 0.3) is 0 Å². The van der Waals surface area contributed by atoms with Crippen molar-refractivity contribution in [3.05, 3.63) is 63.2 Å². The predicted molar refractivity (Wildman–Crippen MR) is 110 cm³/mol. The van der Waals surface area contributed by atoms with Gasteiger partial charge in [0.2, 0.25) is 5.28 Å². The lowest BCUT2D eigenvalue weighted by atomic mass is 9.88. The van der Waals surface area contributed by atoms with Crippen molar-refractivity contribution in [3.63, 3.8) is 0 Å². The summed E-state index contributed by atoms with van der Waals surface area (Å²) in [4.78, 5) is 9.82. The molecule has 0 bridgehead atoms. The molecule has 0 radical (unpaired) electrons. The summed E-state index contributed by atoms with van der Waals surface area (Å²) in [5, 5.41) is 4.20. The van der Waals surface area contributed by atoms with Crippen LogP contribution in [-0.4, -0.2) is 16.0 Å². The number of hydrogen-bond donors (Lipinski definition) is 2. The van der Waals surface area contributed by atoms with E-state index in [0.717, 1.165) is 28.0 Å². The van der Waals surface area contributed by atoms with Crippen LogP contribution < -0.4 is 11.1 Å². The van der Waals surface area contributed by atoms with Crippen LogP contribution in [0.5, 0.6) is 0 Å². The van der Waals surface area contributed by atoms with Crippen LogP contribution in [0.1, 0.15) is 29.2 Å². The zero-order valence-electron chi connectivity index (χ0n) is 14.0. The molecule has 4 rings (SSSR count). The maximum atomic E-state index is 6.67. The molecule has 134 valence electrons. The van der Waals surface area contributed by atoms with Crippen LogP contribution in [0.4, 0.5) is 5.82 Å². The highest BCUT2D eigenvalue weighted by molar-refractivity contribution is 7.20. The molecule has 1 aromatic carbocycles. The van der Waals surface area contributed by atoms with E-state index in [1.54, 1.807) is 11.3 Å². The molecule has 1 aliphatic carbocycles. The first-order chi connectivity index (χ1) is 12.6. The largest absolute Gasteiger partial charge is 0.365 e. The maximum absolute atomic E-state index is 6.67. The van der Waals surface area contributed by atoms with Gasteiger partial charge in [0.15, 0.2) is 0 Å². The number of halogens is 2. The highest BCUT2D eigenvalue weighted by Gasteiger charge is 2.27. The topological polar surface area (TPSA) is 63.8 Å². The van der Waals surface area contributed by atoms with Gasteiger partial charge >= 0.3 is 0 Å². The molecule has 0 saturated heterocycles. The minimum Gasteiger partial charge on any atom is -0.365 e. The third-order valence-corrected chi connectivity index (χ3v) is 6.58. The van der Waals surface area contributed by atoms with E-state index in [9.17, 15) is 0 Å². The van der Waals surface area contributed by atoms with Gasteiger partial charge in [0, 0.05) is 23.4 Å². The summed E-state index contributed by atoms with van der Waals surface area (Å²) in [5.41, 5.74) is 8.19. The van der Waals surface area contributed by atoms with Crippen molar-refractivity contribution in [3.8, 4) is 0 Å². The number of hydrogen-bond acceptors (Lipinski definition) is 5. The zero-order valence-corrected chi connectivity index (χ0v) is 16.3.